The monoisotopic (exact) mass is 535 g/mol. The van der Waals surface area contributed by atoms with Gasteiger partial charge in [-0.05, 0) is 29.5 Å². The molecule has 3 rings (SSSR count). The zero-order valence-electron chi connectivity index (χ0n) is 16.4. The Labute approximate surface area is 192 Å². The molecule has 154 valence electrons. The Balaban J connectivity index is 0.00000280. The molecule has 0 radical (unpaired) electrons. The van der Waals surface area contributed by atoms with E-state index in [9.17, 15) is 4.79 Å². The molecule has 0 saturated carbocycles. The molecule has 1 amide bonds. The van der Waals surface area contributed by atoms with Gasteiger partial charge in [-0.3, -0.25) is 9.79 Å². The molecule has 9 heteroatoms. The van der Waals surface area contributed by atoms with Gasteiger partial charge in [-0.1, -0.05) is 11.6 Å². The van der Waals surface area contributed by atoms with Crippen molar-refractivity contribution in [2.75, 3.05) is 27.2 Å². The van der Waals surface area contributed by atoms with Gasteiger partial charge >= 0.3 is 0 Å². The lowest BCUT2D eigenvalue weighted by Crippen LogP contribution is -2.41. The molecule has 0 spiro atoms. The molecule has 1 N–H and O–H groups in total. The van der Waals surface area contributed by atoms with Crippen LogP contribution in [-0.4, -0.2) is 53.4 Å². The van der Waals surface area contributed by atoms with Gasteiger partial charge in [-0.2, -0.15) is 0 Å². The molecule has 0 aliphatic carbocycles. The summed E-state index contributed by atoms with van der Waals surface area (Å²) >= 11 is 7.84. The normalized spacial score (nSPS) is 13.7. The van der Waals surface area contributed by atoms with Crippen molar-refractivity contribution in [3.05, 3.63) is 44.9 Å². The molecule has 0 aromatic carbocycles. The predicted molar refractivity (Wildman–Crippen MR) is 127 cm³/mol. The molecular formula is C19H27ClIN5OS. The van der Waals surface area contributed by atoms with Crippen LogP contribution in [0.15, 0.2) is 28.7 Å². The third-order valence-corrected chi connectivity index (χ3v) is 6.06. The van der Waals surface area contributed by atoms with Gasteiger partial charge in [0.2, 0.25) is 5.91 Å². The maximum absolute atomic E-state index is 12.5. The fourth-order valence-electron chi connectivity index (χ4n) is 3.33. The van der Waals surface area contributed by atoms with Crippen molar-refractivity contribution in [1.29, 1.82) is 0 Å². The van der Waals surface area contributed by atoms with Crippen molar-refractivity contribution < 1.29 is 4.79 Å². The van der Waals surface area contributed by atoms with Gasteiger partial charge in [0.15, 0.2) is 5.96 Å². The van der Waals surface area contributed by atoms with E-state index in [-0.39, 0.29) is 29.9 Å². The Bertz CT molecular complexity index is 834. The third-order valence-electron chi connectivity index (χ3n) is 4.83. The van der Waals surface area contributed by atoms with Crippen LogP contribution in [0.4, 0.5) is 0 Å². The summed E-state index contributed by atoms with van der Waals surface area (Å²) in [6.07, 6.45) is 3.31. The fourth-order valence-corrected chi connectivity index (χ4v) is 4.49. The molecule has 2 aromatic heterocycles. The minimum Gasteiger partial charge on any atom is -0.356 e. The maximum Gasteiger partial charge on any atom is 0.224 e. The first-order valence-corrected chi connectivity index (χ1v) is 10.3. The number of nitrogens with one attached hydrogen (secondary N) is 1. The number of fused-ring (bicyclic) bond motifs is 1. The number of carbonyl (C=O) groups excluding carboxylic acids is 1. The quantitative estimate of drug-likeness (QED) is 0.363. The highest BCUT2D eigenvalue weighted by Crippen LogP contribution is 2.24. The van der Waals surface area contributed by atoms with Crippen molar-refractivity contribution in [3.8, 4) is 0 Å². The van der Waals surface area contributed by atoms with Gasteiger partial charge in [-0.15, -0.1) is 35.3 Å². The van der Waals surface area contributed by atoms with Gasteiger partial charge < -0.3 is 19.7 Å². The second-order valence-corrected chi connectivity index (χ2v) is 8.21. The van der Waals surface area contributed by atoms with Crippen LogP contribution in [0.1, 0.15) is 22.6 Å². The third kappa shape index (κ3) is 5.64. The van der Waals surface area contributed by atoms with Gasteiger partial charge in [0, 0.05) is 64.0 Å². The summed E-state index contributed by atoms with van der Waals surface area (Å²) in [7, 11) is 5.70. The second-order valence-electron chi connectivity index (χ2n) is 6.77. The molecule has 0 bridgehead atoms. The van der Waals surface area contributed by atoms with Gasteiger partial charge in [0.05, 0.1) is 11.6 Å². The molecule has 0 atom stereocenters. The van der Waals surface area contributed by atoms with Crippen LogP contribution in [0.25, 0.3) is 0 Å². The Morgan fingerprint density at radius 1 is 1.46 bits per heavy atom. The number of thiophene rings is 1. The summed E-state index contributed by atoms with van der Waals surface area (Å²) in [5.74, 6) is 0.950. The van der Waals surface area contributed by atoms with E-state index in [1.54, 1.807) is 18.4 Å². The molecule has 6 nitrogen and oxygen atoms in total. The Morgan fingerprint density at radius 2 is 2.25 bits per heavy atom. The molecule has 0 fully saturated rings. The molecule has 3 heterocycles. The smallest absolute Gasteiger partial charge is 0.224 e. The van der Waals surface area contributed by atoms with E-state index in [1.807, 2.05) is 40.7 Å². The molecule has 0 saturated heterocycles. The van der Waals surface area contributed by atoms with E-state index >= 15 is 0 Å². The van der Waals surface area contributed by atoms with Crippen molar-refractivity contribution >= 4 is 58.8 Å². The maximum atomic E-state index is 12.5. The minimum atomic E-state index is 0. The first-order valence-electron chi connectivity index (χ1n) is 9.03. The lowest BCUT2D eigenvalue weighted by molar-refractivity contribution is -0.131. The van der Waals surface area contributed by atoms with Crippen molar-refractivity contribution in [1.82, 2.24) is 19.7 Å². The number of hydrogen-bond acceptors (Lipinski definition) is 3. The van der Waals surface area contributed by atoms with Crippen molar-refractivity contribution in [3.63, 3.8) is 0 Å². The lowest BCUT2D eigenvalue weighted by Gasteiger charge is -2.27. The number of rotatable bonds is 5. The molecular weight excluding hydrogens is 509 g/mol. The highest BCUT2D eigenvalue weighted by atomic mass is 127. The van der Waals surface area contributed by atoms with Crippen molar-refractivity contribution in [2.45, 2.75) is 25.9 Å². The molecule has 0 unspecified atom stereocenters. The number of halogens is 2. The summed E-state index contributed by atoms with van der Waals surface area (Å²) in [5.41, 5.74) is 2.39. The Hall–Kier alpha value is -1.26. The zero-order valence-corrected chi connectivity index (χ0v) is 20.3. The van der Waals surface area contributed by atoms with Crippen LogP contribution in [0.5, 0.6) is 0 Å². The van der Waals surface area contributed by atoms with Crippen LogP contribution in [0, 0.1) is 0 Å². The number of carbonyl (C=O) groups is 1. The van der Waals surface area contributed by atoms with Crippen LogP contribution in [-0.2, 0) is 31.4 Å². The van der Waals surface area contributed by atoms with Crippen molar-refractivity contribution in [2.24, 2.45) is 12.0 Å². The SMILES string of the molecule is CN=C(NCCC(=O)N1CCc2sccc2C1)N(C)Cc1cc(Cl)cn1C.I. The van der Waals surface area contributed by atoms with Gasteiger partial charge in [-0.25, -0.2) is 0 Å². The Kier molecular flexibility index (Phi) is 8.63. The molecule has 2 aromatic rings. The van der Waals surface area contributed by atoms with E-state index in [0.717, 1.165) is 36.2 Å². The summed E-state index contributed by atoms with van der Waals surface area (Å²) < 4.78 is 2.00. The fraction of sp³-hybridized carbons (Fsp3) is 0.474. The average Bonchev–Trinajstić information content (AvgIpc) is 3.23. The number of amides is 1. The predicted octanol–water partition coefficient (Wildman–Crippen LogP) is 3.34. The summed E-state index contributed by atoms with van der Waals surface area (Å²) in [6, 6.07) is 4.08. The highest BCUT2D eigenvalue weighted by molar-refractivity contribution is 14.0. The van der Waals surface area contributed by atoms with Gasteiger partial charge in [0.25, 0.3) is 0 Å². The van der Waals surface area contributed by atoms with Crippen LogP contribution >= 0.6 is 46.9 Å². The molecule has 1 aliphatic heterocycles. The first kappa shape index (κ1) is 23.0. The van der Waals surface area contributed by atoms with E-state index in [2.05, 4.69) is 21.8 Å². The first-order chi connectivity index (χ1) is 13.0. The van der Waals surface area contributed by atoms with E-state index in [1.165, 1.54) is 10.4 Å². The van der Waals surface area contributed by atoms with Crippen LogP contribution < -0.4 is 5.32 Å². The summed E-state index contributed by atoms with van der Waals surface area (Å²) in [5, 5.41) is 6.13. The number of hydrogen-bond donors (Lipinski definition) is 1. The highest BCUT2D eigenvalue weighted by Gasteiger charge is 2.21. The minimum absolute atomic E-state index is 0. The van der Waals surface area contributed by atoms with Crippen LogP contribution in [0.2, 0.25) is 5.02 Å². The second kappa shape index (κ2) is 10.5. The number of aryl methyl sites for hydroxylation is 1. The summed E-state index contributed by atoms with van der Waals surface area (Å²) in [6.45, 7) is 2.80. The van der Waals surface area contributed by atoms with Crippen LogP contribution in [0.3, 0.4) is 0 Å². The molecule has 1 aliphatic rings. The van der Waals surface area contributed by atoms with E-state index in [0.29, 0.717) is 19.5 Å². The topological polar surface area (TPSA) is 52.9 Å². The van der Waals surface area contributed by atoms with E-state index < -0.39 is 0 Å². The number of aromatic nitrogens is 1. The summed E-state index contributed by atoms with van der Waals surface area (Å²) in [4.78, 5) is 22.2. The lowest BCUT2D eigenvalue weighted by atomic mass is 10.1. The number of guanidine groups is 1. The standard InChI is InChI=1S/C19H26ClN5OS.HI/c1-21-19(24(3)13-16-10-15(20)12-23(16)2)22-7-4-18(26)25-8-5-17-14(11-25)6-9-27-17;/h6,9-10,12H,4-5,7-8,11,13H2,1-3H3,(H,21,22);1H. The van der Waals surface area contributed by atoms with Gasteiger partial charge in [0.1, 0.15) is 0 Å². The zero-order chi connectivity index (χ0) is 19.4. The van der Waals surface area contributed by atoms with E-state index in [4.69, 9.17) is 11.6 Å². The molecule has 28 heavy (non-hydrogen) atoms. The number of nitrogens with zero attached hydrogens (tertiary/aromatic N) is 4. The average molecular weight is 536 g/mol. The largest absolute Gasteiger partial charge is 0.356 e. The Morgan fingerprint density at radius 3 is 2.93 bits per heavy atom. The number of aliphatic imine (C=N–C) groups is 1.